The maximum absolute atomic E-state index is 12.7. The Morgan fingerprint density at radius 3 is 2.26 bits per heavy atom. The Morgan fingerprint density at radius 1 is 0.886 bits per heavy atom. The maximum atomic E-state index is 12.7. The molecule has 3 aromatic carbocycles. The average molecular weight is 479 g/mol. The molecule has 3 rings (SSSR count). The van der Waals surface area contributed by atoms with Crippen LogP contribution in [0.15, 0.2) is 65.8 Å². The van der Waals surface area contributed by atoms with Crippen LogP contribution in [-0.2, 0) is 4.79 Å². The van der Waals surface area contributed by atoms with Gasteiger partial charge in [0.2, 0.25) is 5.75 Å². The summed E-state index contributed by atoms with van der Waals surface area (Å²) in [6, 6.07) is 17.1. The van der Waals surface area contributed by atoms with E-state index in [9.17, 15) is 9.59 Å². The van der Waals surface area contributed by atoms with Crippen LogP contribution in [0.4, 0.5) is 0 Å². The third-order valence-electron chi connectivity index (χ3n) is 4.82. The highest BCUT2D eigenvalue weighted by atomic mass is 16.5. The molecule has 182 valence electrons. The van der Waals surface area contributed by atoms with E-state index in [1.807, 2.05) is 25.1 Å². The number of amides is 1. The zero-order chi connectivity index (χ0) is 25.2. The molecule has 0 fully saturated rings. The van der Waals surface area contributed by atoms with Crippen molar-refractivity contribution in [3.63, 3.8) is 0 Å². The van der Waals surface area contributed by atoms with E-state index in [2.05, 4.69) is 10.5 Å². The summed E-state index contributed by atoms with van der Waals surface area (Å²) in [6.45, 7) is 1.72. The first-order valence-electron chi connectivity index (χ1n) is 10.6. The predicted molar refractivity (Wildman–Crippen MR) is 130 cm³/mol. The molecular weight excluding hydrogens is 452 g/mol. The van der Waals surface area contributed by atoms with Crippen LogP contribution < -0.4 is 29.1 Å². The van der Waals surface area contributed by atoms with Gasteiger partial charge in [0.15, 0.2) is 18.1 Å². The molecule has 0 atom stereocenters. The molecule has 0 saturated heterocycles. The molecule has 35 heavy (non-hydrogen) atoms. The third kappa shape index (κ3) is 6.73. The predicted octanol–water partition coefficient (Wildman–Crippen LogP) is 3.77. The van der Waals surface area contributed by atoms with Crippen LogP contribution >= 0.6 is 0 Å². The van der Waals surface area contributed by atoms with Gasteiger partial charge in [-0.15, -0.1) is 0 Å². The number of para-hydroxylation sites is 1. The lowest BCUT2D eigenvalue weighted by atomic mass is 10.1. The van der Waals surface area contributed by atoms with E-state index in [0.717, 1.165) is 5.56 Å². The third-order valence-corrected chi connectivity index (χ3v) is 4.82. The Bertz CT molecular complexity index is 1200. The zero-order valence-corrected chi connectivity index (χ0v) is 19.9. The Labute approximate surface area is 203 Å². The molecule has 0 aliphatic carbocycles. The number of aryl methyl sites for hydroxylation is 1. The van der Waals surface area contributed by atoms with Gasteiger partial charge in [-0.25, -0.2) is 10.2 Å². The fourth-order valence-corrected chi connectivity index (χ4v) is 3.10. The molecule has 0 bridgehead atoms. The number of rotatable bonds is 10. The fourth-order valence-electron chi connectivity index (χ4n) is 3.10. The van der Waals surface area contributed by atoms with Crippen molar-refractivity contribution >= 4 is 18.1 Å². The van der Waals surface area contributed by atoms with Crippen LogP contribution in [0.2, 0.25) is 0 Å². The first kappa shape index (κ1) is 25.1. The van der Waals surface area contributed by atoms with Gasteiger partial charge in [-0.2, -0.15) is 5.10 Å². The monoisotopic (exact) mass is 478 g/mol. The summed E-state index contributed by atoms with van der Waals surface area (Å²) >= 11 is 0. The van der Waals surface area contributed by atoms with Crippen LogP contribution in [0, 0.1) is 6.92 Å². The molecular formula is C26H26N2O7. The lowest BCUT2D eigenvalue weighted by Crippen LogP contribution is -2.24. The zero-order valence-electron chi connectivity index (χ0n) is 19.9. The second kappa shape index (κ2) is 12.1. The van der Waals surface area contributed by atoms with E-state index in [1.54, 1.807) is 30.3 Å². The Hall–Kier alpha value is -4.53. The SMILES string of the molecule is COc1cc(C(=O)Oc2cccc(C=NNC(=O)COc3ccccc3C)c2)cc(OC)c1OC. The summed E-state index contributed by atoms with van der Waals surface area (Å²) in [6.07, 6.45) is 1.43. The molecule has 1 amide bonds. The number of benzene rings is 3. The fraction of sp³-hybridized carbons (Fsp3) is 0.192. The summed E-state index contributed by atoms with van der Waals surface area (Å²) in [5.41, 5.74) is 4.17. The molecule has 0 spiro atoms. The van der Waals surface area contributed by atoms with Gasteiger partial charge in [-0.3, -0.25) is 4.79 Å². The Balaban J connectivity index is 1.61. The number of hydrogen-bond donors (Lipinski definition) is 1. The molecule has 3 aromatic rings. The van der Waals surface area contributed by atoms with E-state index in [4.69, 9.17) is 23.7 Å². The Kier molecular flexibility index (Phi) is 8.66. The number of carbonyl (C=O) groups excluding carboxylic acids is 2. The van der Waals surface area contributed by atoms with Crippen molar-refractivity contribution in [1.29, 1.82) is 0 Å². The molecule has 9 heteroatoms. The van der Waals surface area contributed by atoms with Gasteiger partial charge in [-0.1, -0.05) is 30.3 Å². The number of hydrazone groups is 1. The van der Waals surface area contributed by atoms with Crippen LogP contribution in [0.3, 0.4) is 0 Å². The van der Waals surface area contributed by atoms with Crippen molar-refractivity contribution in [1.82, 2.24) is 5.43 Å². The maximum Gasteiger partial charge on any atom is 0.343 e. The molecule has 0 saturated carbocycles. The normalized spacial score (nSPS) is 10.5. The lowest BCUT2D eigenvalue weighted by Gasteiger charge is -2.13. The van der Waals surface area contributed by atoms with Gasteiger partial charge >= 0.3 is 5.97 Å². The number of methoxy groups -OCH3 is 3. The van der Waals surface area contributed by atoms with Crippen molar-refractivity contribution in [2.75, 3.05) is 27.9 Å². The van der Waals surface area contributed by atoms with Gasteiger partial charge < -0.3 is 23.7 Å². The summed E-state index contributed by atoms with van der Waals surface area (Å²) in [4.78, 5) is 24.7. The first-order valence-corrected chi connectivity index (χ1v) is 10.6. The minimum absolute atomic E-state index is 0.172. The van der Waals surface area contributed by atoms with Gasteiger partial charge in [0, 0.05) is 0 Å². The van der Waals surface area contributed by atoms with Crippen molar-refractivity contribution in [3.8, 4) is 28.7 Å². The highest BCUT2D eigenvalue weighted by Crippen LogP contribution is 2.38. The van der Waals surface area contributed by atoms with E-state index in [-0.39, 0.29) is 12.2 Å². The summed E-state index contributed by atoms with van der Waals surface area (Å²) in [7, 11) is 4.40. The van der Waals surface area contributed by atoms with Crippen molar-refractivity contribution < 1.29 is 33.3 Å². The van der Waals surface area contributed by atoms with Crippen LogP contribution in [0.1, 0.15) is 21.5 Å². The molecule has 9 nitrogen and oxygen atoms in total. The van der Waals surface area contributed by atoms with Gasteiger partial charge in [-0.05, 0) is 48.4 Å². The van der Waals surface area contributed by atoms with Crippen molar-refractivity contribution in [2.24, 2.45) is 5.10 Å². The number of esters is 1. The number of carbonyl (C=O) groups is 2. The molecule has 0 aliphatic heterocycles. The average Bonchev–Trinajstić information content (AvgIpc) is 2.87. The smallest absolute Gasteiger partial charge is 0.343 e. The Morgan fingerprint density at radius 2 is 1.60 bits per heavy atom. The van der Waals surface area contributed by atoms with E-state index in [1.165, 1.54) is 39.7 Å². The van der Waals surface area contributed by atoms with Crippen LogP contribution in [0.5, 0.6) is 28.7 Å². The first-order chi connectivity index (χ1) is 16.9. The standard InChI is InChI=1S/C26H26N2O7/c1-17-8-5-6-11-21(17)34-16-24(29)28-27-15-18-9-7-10-20(12-18)35-26(30)19-13-22(31-2)25(33-4)23(14-19)32-3/h5-15H,16H2,1-4H3,(H,28,29). The highest BCUT2D eigenvalue weighted by molar-refractivity contribution is 5.93. The van der Waals surface area contributed by atoms with Gasteiger partial charge in [0.1, 0.15) is 11.5 Å². The summed E-state index contributed by atoms with van der Waals surface area (Å²) in [5.74, 6) is 0.949. The van der Waals surface area contributed by atoms with Gasteiger partial charge in [0.25, 0.3) is 5.91 Å². The van der Waals surface area contributed by atoms with Crippen molar-refractivity contribution in [3.05, 3.63) is 77.4 Å². The minimum Gasteiger partial charge on any atom is -0.493 e. The largest absolute Gasteiger partial charge is 0.493 e. The number of hydrogen-bond acceptors (Lipinski definition) is 8. The number of ether oxygens (including phenoxy) is 5. The van der Waals surface area contributed by atoms with Crippen LogP contribution in [-0.4, -0.2) is 46.0 Å². The van der Waals surface area contributed by atoms with Crippen molar-refractivity contribution in [2.45, 2.75) is 6.92 Å². The second-order valence-electron chi connectivity index (χ2n) is 7.22. The second-order valence-corrected chi connectivity index (χ2v) is 7.22. The number of nitrogens with one attached hydrogen (secondary N) is 1. The van der Waals surface area contributed by atoms with Crippen LogP contribution in [0.25, 0.3) is 0 Å². The molecule has 0 aromatic heterocycles. The summed E-state index contributed by atoms with van der Waals surface area (Å²) < 4.78 is 26.8. The van der Waals surface area contributed by atoms with E-state index < -0.39 is 11.9 Å². The molecule has 0 heterocycles. The molecule has 0 aliphatic rings. The number of nitrogens with zero attached hydrogens (tertiary/aromatic N) is 1. The highest BCUT2D eigenvalue weighted by Gasteiger charge is 2.18. The minimum atomic E-state index is -0.611. The quantitative estimate of drug-likeness (QED) is 0.205. The topological polar surface area (TPSA) is 105 Å². The van der Waals surface area contributed by atoms with E-state index >= 15 is 0 Å². The molecule has 0 unspecified atom stereocenters. The van der Waals surface area contributed by atoms with E-state index in [0.29, 0.717) is 34.3 Å². The molecule has 0 radical (unpaired) electrons. The molecule has 1 N–H and O–H groups in total. The lowest BCUT2D eigenvalue weighted by molar-refractivity contribution is -0.123. The summed E-state index contributed by atoms with van der Waals surface area (Å²) in [5, 5.41) is 3.93. The van der Waals surface area contributed by atoms with Gasteiger partial charge in [0.05, 0.1) is 33.1 Å².